The third kappa shape index (κ3) is 4.53. The molecule has 1 amide bonds. The second-order valence-corrected chi connectivity index (χ2v) is 4.48. The summed E-state index contributed by atoms with van der Waals surface area (Å²) in [5, 5.41) is 16.0. The van der Waals surface area contributed by atoms with E-state index >= 15 is 0 Å². The Labute approximate surface area is 110 Å². The van der Waals surface area contributed by atoms with Gasteiger partial charge in [0.2, 0.25) is 5.91 Å². The maximum absolute atomic E-state index is 13.2. The van der Waals surface area contributed by atoms with Crippen molar-refractivity contribution in [3.63, 3.8) is 0 Å². The minimum absolute atomic E-state index is 0.0152. The maximum Gasteiger partial charge on any atom is 0.274 e. The lowest BCUT2D eigenvalue weighted by molar-refractivity contribution is -0.385. The number of nitro benzene ring substituents is 1. The van der Waals surface area contributed by atoms with Crippen LogP contribution < -0.4 is 10.6 Å². The standard InChI is InChI=1S/C12H16FN3O3/c1-7(2)14-12(17)8(3)15-10-4-9(13)5-11(6-10)16(18)19/h4-8,15H,1-3H3,(H,14,17). The summed E-state index contributed by atoms with van der Waals surface area (Å²) < 4.78 is 13.2. The van der Waals surface area contributed by atoms with Gasteiger partial charge in [-0.25, -0.2) is 4.39 Å². The monoisotopic (exact) mass is 269 g/mol. The molecular formula is C12H16FN3O3. The number of nitrogens with one attached hydrogen (secondary N) is 2. The minimum atomic E-state index is -0.729. The predicted octanol–water partition coefficient (Wildman–Crippen LogP) is 2.06. The fourth-order valence-corrected chi connectivity index (χ4v) is 1.49. The number of anilines is 1. The fourth-order valence-electron chi connectivity index (χ4n) is 1.49. The van der Waals surface area contributed by atoms with E-state index in [9.17, 15) is 19.3 Å². The normalized spacial score (nSPS) is 12.1. The highest BCUT2D eigenvalue weighted by Crippen LogP contribution is 2.20. The number of hydrogen-bond donors (Lipinski definition) is 2. The van der Waals surface area contributed by atoms with Crippen LogP contribution in [-0.4, -0.2) is 22.9 Å². The van der Waals surface area contributed by atoms with Gasteiger partial charge in [-0.2, -0.15) is 0 Å². The third-order valence-electron chi connectivity index (χ3n) is 2.30. The third-order valence-corrected chi connectivity index (χ3v) is 2.30. The first kappa shape index (κ1) is 14.9. The summed E-state index contributed by atoms with van der Waals surface area (Å²) in [4.78, 5) is 21.6. The van der Waals surface area contributed by atoms with Crippen molar-refractivity contribution in [1.82, 2.24) is 5.32 Å². The van der Waals surface area contributed by atoms with Crippen molar-refractivity contribution >= 4 is 17.3 Å². The van der Waals surface area contributed by atoms with Gasteiger partial charge in [-0.05, 0) is 26.8 Å². The number of benzene rings is 1. The van der Waals surface area contributed by atoms with Gasteiger partial charge in [-0.15, -0.1) is 0 Å². The Balaban J connectivity index is 2.81. The molecule has 0 aliphatic rings. The van der Waals surface area contributed by atoms with E-state index in [1.807, 2.05) is 13.8 Å². The van der Waals surface area contributed by atoms with Gasteiger partial charge >= 0.3 is 0 Å². The highest BCUT2D eigenvalue weighted by atomic mass is 19.1. The van der Waals surface area contributed by atoms with Crippen LogP contribution in [0.5, 0.6) is 0 Å². The second-order valence-electron chi connectivity index (χ2n) is 4.48. The van der Waals surface area contributed by atoms with Gasteiger partial charge in [0.1, 0.15) is 11.9 Å². The summed E-state index contributed by atoms with van der Waals surface area (Å²) in [5.41, 5.74) is -0.169. The smallest absolute Gasteiger partial charge is 0.274 e. The molecule has 2 N–H and O–H groups in total. The summed E-state index contributed by atoms with van der Waals surface area (Å²) in [6.07, 6.45) is 0. The van der Waals surface area contributed by atoms with E-state index in [4.69, 9.17) is 0 Å². The quantitative estimate of drug-likeness (QED) is 0.633. The molecule has 0 bridgehead atoms. The zero-order chi connectivity index (χ0) is 14.6. The number of halogens is 1. The number of carbonyl (C=O) groups is 1. The van der Waals surface area contributed by atoms with Crippen LogP contribution in [-0.2, 0) is 4.79 Å². The first-order valence-electron chi connectivity index (χ1n) is 5.81. The average molecular weight is 269 g/mol. The SMILES string of the molecule is CC(C)NC(=O)C(C)Nc1cc(F)cc([N+](=O)[O-])c1. The van der Waals surface area contributed by atoms with Crippen molar-refractivity contribution in [3.8, 4) is 0 Å². The maximum atomic E-state index is 13.2. The van der Waals surface area contributed by atoms with Crippen LogP contribution in [0.2, 0.25) is 0 Å². The van der Waals surface area contributed by atoms with Crippen LogP contribution >= 0.6 is 0 Å². The lowest BCUT2D eigenvalue weighted by Crippen LogP contribution is -2.40. The number of carbonyl (C=O) groups excluding carboxylic acids is 1. The van der Waals surface area contributed by atoms with Gasteiger partial charge in [-0.3, -0.25) is 14.9 Å². The van der Waals surface area contributed by atoms with Gasteiger partial charge in [0.25, 0.3) is 5.69 Å². The molecule has 0 heterocycles. The summed E-state index contributed by atoms with van der Waals surface area (Å²) in [5.74, 6) is -0.991. The molecular weight excluding hydrogens is 253 g/mol. The zero-order valence-electron chi connectivity index (χ0n) is 10.9. The lowest BCUT2D eigenvalue weighted by Gasteiger charge is -2.17. The van der Waals surface area contributed by atoms with Crippen LogP contribution in [0.3, 0.4) is 0 Å². The molecule has 1 aromatic carbocycles. The van der Waals surface area contributed by atoms with Crippen LogP contribution in [0.15, 0.2) is 18.2 Å². The molecule has 0 aliphatic heterocycles. The van der Waals surface area contributed by atoms with Crippen LogP contribution in [0.1, 0.15) is 20.8 Å². The number of nitro groups is 1. The van der Waals surface area contributed by atoms with E-state index < -0.39 is 16.8 Å². The second kappa shape index (κ2) is 6.12. The first-order valence-corrected chi connectivity index (χ1v) is 5.81. The van der Waals surface area contributed by atoms with E-state index in [0.717, 1.165) is 12.1 Å². The summed E-state index contributed by atoms with van der Waals surface area (Å²) in [7, 11) is 0. The van der Waals surface area contributed by atoms with E-state index in [0.29, 0.717) is 0 Å². The van der Waals surface area contributed by atoms with Crippen molar-refractivity contribution in [2.45, 2.75) is 32.9 Å². The number of non-ortho nitro benzene ring substituents is 1. The van der Waals surface area contributed by atoms with Gasteiger partial charge < -0.3 is 10.6 Å². The molecule has 0 saturated carbocycles. The molecule has 104 valence electrons. The topological polar surface area (TPSA) is 84.3 Å². The average Bonchev–Trinajstić information content (AvgIpc) is 2.26. The molecule has 0 saturated heterocycles. The molecule has 0 aromatic heterocycles. The molecule has 7 heteroatoms. The molecule has 0 aliphatic carbocycles. The molecule has 0 radical (unpaired) electrons. The lowest BCUT2D eigenvalue weighted by atomic mass is 10.2. The van der Waals surface area contributed by atoms with Crippen molar-refractivity contribution < 1.29 is 14.1 Å². The number of hydrogen-bond acceptors (Lipinski definition) is 4. The zero-order valence-corrected chi connectivity index (χ0v) is 10.9. The highest BCUT2D eigenvalue weighted by molar-refractivity contribution is 5.84. The Kier molecular flexibility index (Phi) is 4.80. The Morgan fingerprint density at radius 2 is 1.95 bits per heavy atom. The summed E-state index contributed by atoms with van der Waals surface area (Å²) in [6.45, 7) is 5.23. The van der Waals surface area contributed by atoms with Crippen molar-refractivity contribution in [2.24, 2.45) is 0 Å². The van der Waals surface area contributed by atoms with E-state index in [2.05, 4.69) is 10.6 Å². The molecule has 1 unspecified atom stereocenters. The summed E-state index contributed by atoms with van der Waals surface area (Å²) in [6, 6.07) is 2.47. The van der Waals surface area contributed by atoms with Crippen LogP contribution in [0.25, 0.3) is 0 Å². The predicted molar refractivity (Wildman–Crippen MR) is 69.4 cm³/mol. The highest BCUT2D eigenvalue weighted by Gasteiger charge is 2.16. The Morgan fingerprint density at radius 3 is 2.47 bits per heavy atom. The minimum Gasteiger partial charge on any atom is -0.374 e. The molecule has 0 spiro atoms. The molecule has 1 atom stereocenters. The molecule has 0 fully saturated rings. The van der Waals surface area contributed by atoms with Gasteiger partial charge in [0.15, 0.2) is 0 Å². The first-order chi connectivity index (χ1) is 8.79. The summed E-state index contributed by atoms with van der Waals surface area (Å²) >= 11 is 0. The molecule has 1 rings (SSSR count). The fraction of sp³-hybridized carbons (Fsp3) is 0.417. The van der Waals surface area contributed by atoms with E-state index in [1.54, 1.807) is 6.92 Å². The molecule has 19 heavy (non-hydrogen) atoms. The number of nitrogens with zero attached hydrogens (tertiary/aromatic N) is 1. The molecule has 6 nitrogen and oxygen atoms in total. The van der Waals surface area contributed by atoms with Crippen LogP contribution in [0.4, 0.5) is 15.8 Å². The van der Waals surface area contributed by atoms with Crippen molar-refractivity contribution in [3.05, 3.63) is 34.1 Å². The molecule has 1 aromatic rings. The Morgan fingerprint density at radius 1 is 1.32 bits per heavy atom. The van der Waals surface area contributed by atoms with E-state index in [1.165, 1.54) is 6.07 Å². The van der Waals surface area contributed by atoms with Gasteiger partial charge in [-0.1, -0.05) is 0 Å². The number of rotatable bonds is 5. The van der Waals surface area contributed by atoms with E-state index in [-0.39, 0.29) is 23.3 Å². The Hall–Kier alpha value is -2.18. The van der Waals surface area contributed by atoms with Crippen molar-refractivity contribution in [2.75, 3.05) is 5.32 Å². The van der Waals surface area contributed by atoms with Crippen LogP contribution in [0, 0.1) is 15.9 Å². The number of amides is 1. The largest absolute Gasteiger partial charge is 0.374 e. The van der Waals surface area contributed by atoms with Gasteiger partial charge in [0.05, 0.1) is 11.0 Å². The van der Waals surface area contributed by atoms with Gasteiger partial charge in [0, 0.05) is 17.8 Å². The van der Waals surface area contributed by atoms with Crippen molar-refractivity contribution in [1.29, 1.82) is 0 Å². The Bertz CT molecular complexity index is 491.